The molecule has 0 aliphatic rings. The maximum atomic E-state index is 10.3. The standard InChI is InChI=1S/C10H23O4P.K/c1-10(2)8-6-4-3-5-7-9-14-15(11,12)13;/h10H,3-9H2,1-2H3,(H2,11,12,13);/q;+1. The van der Waals surface area contributed by atoms with E-state index in [0.29, 0.717) is 0 Å². The first-order valence-corrected chi connectivity index (χ1v) is 7.15. The summed E-state index contributed by atoms with van der Waals surface area (Å²) in [5.74, 6) is 0.767. The molecule has 92 valence electrons. The average Bonchev–Trinajstić information content (AvgIpc) is 2.07. The van der Waals surface area contributed by atoms with Crippen LogP contribution in [-0.4, -0.2) is 16.4 Å². The quantitative estimate of drug-likeness (QED) is 0.356. The summed E-state index contributed by atoms with van der Waals surface area (Å²) in [5.41, 5.74) is 0. The molecule has 0 atom stereocenters. The fraction of sp³-hybridized carbons (Fsp3) is 1.00. The topological polar surface area (TPSA) is 66.8 Å². The summed E-state index contributed by atoms with van der Waals surface area (Å²) >= 11 is 0. The van der Waals surface area contributed by atoms with Crippen LogP contribution < -0.4 is 51.4 Å². The Bertz CT molecular complexity index is 193. The molecule has 0 fully saturated rings. The molecular formula is C10H23KO4P+. The molecule has 0 unspecified atom stereocenters. The van der Waals surface area contributed by atoms with Crippen molar-refractivity contribution >= 4 is 7.82 Å². The van der Waals surface area contributed by atoms with Gasteiger partial charge in [0.2, 0.25) is 0 Å². The van der Waals surface area contributed by atoms with E-state index < -0.39 is 7.82 Å². The molecule has 0 saturated heterocycles. The third kappa shape index (κ3) is 18.1. The Labute approximate surface area is 141 Å². The van der Waals surface area contributed by atoms with Crippen molar-refractivity contribution in [3.8, 4) is 0 Å². The molecule has 0 aromatic carbocycles. The van der Waals surface area contributed by atoms with Gasteiger partial charge >= 0.3 is 59.2 Å². The molecule has 0 saturated carbocycles. The Morgan fingerprint density at radius 3 is 2.06 bits per heavy atom. The Morgan fingerprint density at radius 1 is 1.06 bits per heavy atom. The fourth-order valence-electron chi connectivity index (χ4n) is 1.37. The fourth-order valence-corrected chi connectivity index (χ4v) is 1.74. The van der Waals surface area contributed by atoms with Gasteiger partial charge in [-0.25, -0.2) is 4.57 Å². The SMILES string of the molecule is CC(C)CCCCCCCOP(=O)(O)O.[K+]. The molecule has 0 aromatic heterocycles. The molecule has 0 rings (SSSR count). The number of unbranched alkanes of at least 4 members (excludes halogenated alkanes) is 4. The van der Waals surface area contributed by atoms with Crippen molar-refractivity contribution < 1.29 is 70.3 Å². The van der Waals surface area contributed by atoms with Gasteiger partial charge in [-0.2, -0.15) is 0 Å². The van der Waals surface area contributed by atoms with E-state index in [0.717, 1.165) is 25.2 Å². The van der Waals surface area contributed by atoms with E-state index in [-0.39, 0.29) is 58.0 Å². The van der Waals surface area contributed by atoms with Crippen LogP contribution in [0.2, 0.25) is 0 Å². The Morgan fingerprint density at radius 2 is 1.56 bits per heavy atom. The van der Waals surface area contributed by atoms with Crippen LogP contribution in [0.3, 0.4) is 0 Å². The normalized spacial score (nSPS) is 11.6. The molecule has 0 spiro atoms. The van der Waals surface area contributed by atoms with Crippen LogP contribution in [0.5, 0.6) is 0 Å². The van der Waals surface area contributed by atoms with Gasteiger partial charge in [0.15, 0.2) is 0 Å². The molecule has 0 aliphatic heterocycles. The minimum Gasteiger partial charge on any atom is -0.303 e. The third-order valence-corrected chi connectivity index (χ3v) is 2.70. The summed E-state index contributed by atoms with van der Waals surface area (Å²) in [6, 6.07) is 0. The van der Waals surface area contributed by atoms with E-state index in [4.69, 9.17) is 9.79 Å². The molecule has 0 heterocycles. The van der Waals surface area contributed by atoms with Crippen LogP contribution in [0.25, 0.3) is 0 Å². The van der Waals surface area contributed by atoms with E-state index in [1.807, 2.05) is 0 Å². The van der Waals surface area contributed by atoms with Crippen molar-refractivity contribution in [2.75, 3.05) is 6.61 Å². The summed E-state index contributed by atoms with van der Waals surface area (Å²) in [6.07, 6.45) is 6.55. The Balaban J connectivity index is 0. The number of phosphoric ester groups is 1. The summed E-state index contributed by atoms with van der Waals surface area (Å²) in [5, 5.41) is 0. The second-order valence-electron chi connectivity index (χ2n) is 4.27. The molecular weight excluding hydrogens is 254 g/mol. The first-order chi connectivity index (χ1) is 6.92. The van der Waals surface area contributed by atoms with Crippen LogP contribution in [0.1, 0.15) is 52.4 Å². The van der Waals surface area contributed by atoms with Crippen LogP contribution in [0.15, 0.2) is 0 Å². The van der Waals surface area contributed by atoms with Gasteiger partial charge in [-0.05, 0) is 12.3 Å². The third-order valence-electron chi connectivity index (χ3n) is 2.19. The van der Waals surface area contributed by atoms with E-state index in [2.05, 4.69) is 18.4 Å². The summed E-state index contributed by atoms with van der Waals surface area (Å²) in [6.45, 7) is 4.59. The number of hydrogen-bond acceptors (Lipinski definition) is 2. The second kappa shape index (κ2) is 11.8. The predicted octanol–water partition coefficient (Wildman–Crippen LogP) is 0.0963. The first kappa shape index (κ1) is 20.1. The van der Waals surface area contributed by atoms with Crippen LogP contribution >= 0.6 is 7.82 Å². The molecule has 2 N–H and O–H groups in total. The smallest absolute Gasteiger partial charge is 0.303 e. The van der Waals surface area contributed by atoms with Gasteiger partial charge < -0.3 is 9.79 Å². The monoisotopic (exact) mass is 277 g/mol. The minimum absolute atomic E-state index is 0. The van der Waals surface area contributed by atoms with Gasteiger partial charge in [-0.15, -0.1) is 0 Å². The zero-order chi connectivity index (χ0) is 11.7. The summed E-state index contributed by atoms with van der Waals surface area (Å²) in [7, 11) is -4.24. The maximum absolute atomic E-state index is 10.3. The zero-order valence-electron chi connectivity index (χ0n) is 10.7. The average molecular weight is 277 g/mol. The zero-order valence-corrected chi connectivity index (χ0v) is 14.7. The minimum atomic E-state index is -4.24. The number of phosphoric acid groups is 1. The Hall–Kier alpha value is 1.75. The van der Waals surface area contributed by atoms with Crippen molar-refractivity contribution in [2.24, 2.45) is 5.92 Å². The molecule has 0 bridgehead atoms. The van der Waals surface area contributed by atoms with Gasteiger partial charge in [-0.1, -0.05) is 46.0 Å². The van der Waals surface area contributed by atoms with Crippen molar-refractivity contribution in [3.63, 3.8) is 0 Å². The van der Waals surface area contributed by atoms with Crippen LogP contribution in [-0.2, 0) is 9.09 Å². The number of rotatable bonds is 9. The van der Waals surface area contributed by atoms with Crippen LogP contribution in [0, 0.1) is 5.92 Å². The summed E-state index contributed by atoms with van der Waals surface area (Å²) < 4.78 is 14.7. The molecule has 0 aromatic rings. The molecule has 6 heteroatoms. The van der Waals surface area contributed by atoms with Gasteiger partial charge in [0.25, 0.3) is 0 Å². The summed E-state index contributed by atoms with van der Waals surface area (Å²) in [4.78, 5) is 16.8. The first-order valence-electron chi connectivity index (χ1n) is 5.62. The van der Waals surface area contributed by atoms with E-state index >= 15 is 0 Å². The van der Waals surface area contributed by atoms with Gasteiger partial charge in [-0.3, -0.25) is 4.52 Å². The van der Waals surface area contributed by atoms with Gasteiger partial charge in [0.1, 0.15) is 0 Å². The number of hydrogen-bond donors (Lipinski definition) is 2. The molecule has 4 nitrogen and oxygen atoms in total. The molecule has 0 amide bonds. The van der Waals surface area contributed by atoms with Crippen molar-refractivity contribution in [2.45, 2.75) is 52.4 Å². The second-order valence-corrected chi connectivity index (χ2v) is 5.51. The molecule has 16 heavy (non-hydrogen) atoms. The maximum Gasteiger partial charge on any atom is 1.00 e. The van der Waals surface area contributed by atoms with E-state index in [1.165, 1.54) is 19.3 Å². The van der Waals surface area contributed by atoms with Crippen molar-refractivity contribution in [1.29, 1.82) is 0 Å². The van der Waals surface area contributed by atoms with E-state index in [1.54, 1.807) is 0 Å². The van der Waals surface area contributed by atoms with Crippen molar-refractivity contribution in [3.05, 3.63) is 0 Å². The largest absolute Gasteiger partial charge is 1.00 e. The molecule has 0 radical (unpaired) electrons. The van der Waals surface area contributed by atoms with Crippen LogP contribution in [0.4, 0.5) is 0 Å². The predicted molar refractivity (Wildman–Crippen MR) is 60.5 cm³/mol. The molecule has 0 aliphatic carbocycles. The Kier molecular flexibility index (Phi) is 14.8. The van der Waals surface area contributed by atoms with Gasteiger partial charge in [0.05, 0.1) is 6.61 Å². The van der Waals surface area contributed by atoms with Gasteiger partial charge in [0, 0.05) is 0 Å². The van der Waals surface area contributed by atoms with Crippen molar-refractivity contribution in [1.82, 2.24) is 0 Å². The van der Waals surface area contributed by atoms with E-state index in [9.17, 15) is 4.57 Å².